The van der Waals surface area contributed by atoms with Crippen LogP contribution in [-0.2, 0) is 4.79 Å². The number of fused-ring (bicyclic) bond motifs is 1. The highest BCUT2D eigenvalue weighted by Gasteiger charge is 2.13. The van der Waals surface area contributed by atoms with E-state index in [4.69, 9.17) is 5.11 Å². The number of nitrogens with zero attached hydrogens (tertiary/aromatic N) is 3. The van der Waals surface area contributed by atoms with Gasteiger partial charge in [0, 0.05) is 11.4 Å². The number of nitrogens with one attached hydrogen (secondary N) is 1. The minimum absolute atomic E-state index is 0.147. The van der Waals surface area contributed by atoms with E-state index in [1.165, 1.54) is 11.8 Å². The first-order chi connectivity index (χ1) is 7.59. The monoisotopic (exact) mass is 240 g/mol. The number of hydrogen-bond donors (Lipinski definition) is 2. The van der Waals surface area contributed by atoms with E-state index in [2.05, 4.69) is 15.3 Å². The summed E-state index contributed by atoms with van der Waals surface area (Å²) in [6.07, 6.45) is 0.147. The van der Waals surface area contributed by atoms with Crippen molar-refractivity contribution >= 4 is 23.4 Å². The zero-order chi connectivity index (χ0) is 11.7. The molecule has 0 amide bonds. The summed E-state index contributed by atoms with van der Waals surface area (Å²) in [7, 11) is 0. The van der Waals surface area contributed by atoms with E-state index in [9.17, 15) is 4.79 Å². The average Bonchev–Trinajstić information content (AvgIpc) is 2.69. The van der Waals surface area contributed by atoms with Crippen LogP contribution in [0.5, 0.6) is 0 Å². The third-order valence-electron chi connectivity index (χ3n) is 2.21. The summed E-state index contributed by atoms with van der Waals surface area (Å²) in [6.45, 7) is 3.80. The lowest BCUT2D eigenvalue weighted by atomic mass is 10.5. The molecule has 0 aromatic carbocycles. The van der Waals surface area contributed by atoms with E-state index < -0.39 is 5.97 Å². The smallest absolute Gasteiger partial charge is 0.304 e. The van der Waals surface area contributed by atoms with Crippen molar-refractivity contribution in [2.24, 2.45) is 0 Å². The van der Waals surface area contributed by atoms with Gasteiger partial charge in [-0.3, -0.25) is 9.89 Å². The van der Waals surface area contributed by atoms with Crippen molar-refractivity contribution in [1.29, 1.82) is 0 Å². The number of aryl methyl sites for hydroxylation is 2. The van der Waals surface area contributed by atoms with Crippen molar-refractivity contribution in [2.45, 2.75) is 25.2 Å². The van der Waals surface area contributed by atoms with Crippen LogP contribution in [-0.4, -0.2) is 36.6 Å². The van der Waals surface area contributed by atoms with Gasteiger partial charge in [0.1, 0.15) is 5.82 Å². The lowest BCUT2D eigenvalue weighted by molar-refractivity contribution is -0.136. The molecule has 2 aromatic rings. The van der Waals surface area contributed by atoms with Crippen LogP contribution < -0.4 is 0 Å². The van der Waals surface area contributed by atoms with Crippen molar-refractivity contribution < 1.29 is 9.90 Å². The number of carbonyl (C=O) groups is 1. The van der Waals surface area contributed by atoms with Gasteiger partial charge >= 0.3 is 5.97 Å². The summed E-state index contributed by atoms with van der Waals surface area (Å²) < 4.78 is 1.80. The number of carboxylic acids is 1. The molecule has 0 fully saturated rings. The minimum atomic E-state index is -0.783. The van der Waals surface area contributed by atoms with Gasteiger partial charge in [-0.05, 0) is 13.8 Å². The first-order valence-electron chi connectivity index (χ1n) is 4.84. The summed E-state index contributed by atoms with van der Waals surface area (Å²) in [6, 6.07) is 0. The number of thioether (sulfide) groups is 1. The summed E-state index contributed by atoms with van der Waals surface area (Å²) in [5.41, 5.74) is 1.76. The normalized spacial score (nSPS) is 11.1. The molecule has 0 aliphatic carbocycles. The van der Waals surface area contributed by atoms with Crippen LogP contribution in [0.4, 0.5) is 0 Å². The van der Waals surface area contributed by atoms with Gasteiger partial charge in [0.2, 0.25) is 0 Å². The SMILES string of the molecule is Cc1[nH]n2c(C)nnc2c1SCCC(=O)O. The molecule has 2 heterocycles. The molecule has 0 aliphatic rings. The number of rotatable bonds is 4. The van der Waals surface area contributed by atoms with Crippen LogP contribution >= 0.6 is 11.8 Å². The van der Waals surface area contributed by atoms with Crippen molar-refractivity contribution in [3.8, 4) is 0 Å². The summed E-state index contributed by atoms with van der Waals surface area (Å²) >= 11 is 1.49. The van der Waals surface area contributed by atoms with Gasteiger partial charge in [0.25, 0.3) is 0 Å². The molecular weight excluding hydrogens is 228 g/mol. The van der Waals surface area contributed by atoms with E-state index >= 15 is 0 Å². The lowest BCUT2D eigenvalue weighted by Gasteiger charge is -1.96. The van der Waals surface area contributed by atoms with Crippen LogP contribution in [0.2, 0.25) is 0 Å². The molecule has 0 unspecified atom stereocenters. The van der Waals surface area contributed by atoms with Crippen molar-refractivity contribution in [1.82, 2.24) is 19.8 Å². The maximum absolute atomic E-state index is 10.4. The number of carboxylic acid groups (broad SMARTS) is 1. The van der Waals surface area contributed by atoms with Gasteiger partial charge in [-0.15, -0.1) is 22.0 Å². The average molecular weight is 240 g/mol. The molecule has 0 bridgehead atoms. The number of aromatic nitrogens is 4. The van der Waals surface area contributed by atoms with Crippen LogP contribution in [0.15, 0.2) is 4.90 Å². The molecule has 86 valence electrons. The van der Waals surface area contributed by atoms with E-state index in [0.29, 0.717) is 5.75 Å². The van der Waals surface area contributed by atoms with E-state index in [1.807, 2.05) is 13.8 Å². The molecule has 7 heteroatoms. The van der Waals surface area contributed by atoms with Crippen LogP contribution in [0.3, 0.4) is 0 Å². The fourth-order valence-corrected chi connectivity index (χ4v) is 2.45. The topological polar surface area (TPSA) is 83.3 Å². The molecule has 0 spiro atoms. The van der Waals surface area contributed by atoms with Gasteiger partial charge in [0.05, 0.1) is 11.3 Å². The maximum Gasteiger partial charge on any atom is 0.304 e. The zero-order valence-electron chi connectivity index (χ0n) is 9.02. The highest BCUT2D eigenvalue weighted by Crippen LogP contribution is 2.26. The Kier molecular flexibility index (Phi) is 2.86. The highest BCUT2D eigenvalue weighted by molar-refractivity contribution is 7.99. The first kappa shape index (κ1) is 11.0. The van der Waals surface area contributed by atoms with E-state index in [1.54, 1.807) is 4.52 Å². The predicted molar refractivity (Wildman–Crippen MR) is 59.8 cm³/mol. The third kappa shape index (κ3) is 1.90. The molecule has 2 N–H and O–H groups in total. The maximum atomic E-state index is 10.4. The number of aromatic amines is 1. The second-order valence-electron chi connectivity index (χ2n) is 3.46. The van der Waals surface area contributed by atoms with Crippen molar-refractivity contribution in [3.05, 3.63) is 11.5 Å². The van der Waals surface area contributed by atoms with E-state index in [0.717, 1.165) is 22.1 Å². The molecule has 0 saturated heterocycles. The van der Waals surface area contributed by atoms with Gasteiger partial charge < -0.3 is 5.11 Å². The van der Waals surface area contributed by atoms with E-state index in [-0.39, 0.29) is 6.42 Å². The van der Waals surface area contributed by atoms with Crippen molar-refractivity contribution in [3.63, 3.8) is 0 Å². The van der Waals surface area contributed by atoms with Crippen molar-refractivity contribution in [2.75, 3.05) is 5.75 Å². The van der Waals surface area contributed by atoms with Gasteiger partial charge in [-0.2, -0.15) is 0 Å². The Bertz CT molecular complexity index is 531. The highest BCUT2D eigenvalue weighted by atomic mass is 32.2. The number of aliphatic carboxylic acids is 1. The molecule has 2 rings (SSSR count). The second kappa shape index (κ2) is 4.17. The molecular formula is C9H12N4O2S. The number of H-pyrrole nitrogens is 1. The van der Waals surface area contributed by atoms with Crippen LogP contribution in [0.1, 0.15) is 17.9 Å². The van der Waals surface area contributed by atoms with Crippen LogP contribution in [0, 0.1) is 13.8 Å². The van der Waals surface area contributed by atoms with Gasteiger partial charge in [-0.1, -0.05) is 0 Å². The minimum Gasteiger partial charge on any atom is -0.481 e. The summed E-state index contributed by atoms with van der Waals surface area (Å²) in [5.74, 6) is 0.549. The zero-order valence-corrected chi connectivity index (χ0v) is 9.84. The molecule has 0 aliphatic heterocycles. The standard InChI is InChI=1S/C9H12N4O2S/c1-5-8(16-4-3-7(14)15)9-11-10-6(2)13(9)12-5/h12H,3-4H2,1-2H3,(H,14,15). The lowest BCUT2D eigenvalue weighted by Crippen LogP contribution is -1.95. The van der Waals surface area contributed by atoms with Gasteiger partial charge in [-0.25, -0.2) is 4.52 Å². The molecule has 0 atom stereocenters. The van der Waals surface area contributed by atoms with Crippen LogP contribution in [0.25, 0.3) is 5.65 Å². The van der Waals surface area contributed by atoms with Gasteiger partial charge in [0.15, 0.2) is 5.65 Å². The summed E-state index contributed by atoms with van der Waals surface area (Å²) in [5, 5.41) is 19.7. The predicted octanol–water partition coefficient (Wildman–Crippen LogP) is 1.24. The number of hydrogen-bond acceptors (Lipinski definition) is 4. The Morgan fingerprint density at radius 1 is 1.50 bits per heavy atom. The fraction of sp³-hybridized carbons (Fsp3) is 0.444. The summed E-state index contributed by atoms with van der Waals surface area (Å²) in [4.78, 5) is 11.4. The Hall–Kier alpha value is -1.50. The third-order valence-corrected chi connectivity index (χ3v) is 3.40. The fourth-order valence-electron chi connectivity index (χ4n) is 1.44. The Morgan fingerprint density at radius 3 is 2.94 bits per heavy atom. The Balaban J connectivity index is 2.22. The molecule has 0 radical (unpaired) electrons. The Morgan fingerprint density at radius 2 is 2.25 bits per heavy atom. The second-order valence-corrected chi connectivity index (χ2v) is 4.57. The molecule has 16 heavy (non-hydrogen) atoms. The molecule has 2 aromatic heterocycles. The Labute approximate surface area is 96.0 Å². The quantitative estimate of drug-likeness (QED) is 0.785. The molecule has 6 nitrogen and oxygen atoms in total. The first-order valence-corrected chi connectivity index (χ1v) is 5.83. The largest absolute Gasteiger partial charge is 0.481 e. The molecule has 0 saturated carbocycles.